The van der Waals surface area contributed by atoms with Crippen LogP contribution in [0, 0.1) is 0 Å². The van der Waals surface area contributed by atoms with Gasteiger partial charge in [0.05, 0.1) is 19.3 Å². The Balaban J connectivity index is 2.94. The molecule has 0 saturated carbocycles. The summed E-state index contributed by atoms with van der Waals surface area (Å²) in [6.07, 6.45) is 1.23. The van der Waals surface area contributed by atoms with Gasteiger partial charge in [-0.15, -0.1) is 0 Å². The second-order valence-electron chi connectivity index (χ2n) is 7.97. The summed E-state index contributed by atoms with van der Waals surface area (Å²) in [4.78, 5) is 26.5. The molecule has 0 aromatic rings. The Labute approximate surface area is 139 Å². The Kier molecular flexibility index (Phi) is 6.07. The van der Waals surface area contributed by atoms with Crippen LogP contribution in [0.2, 0.25) is 0 Å². The van der Waals surface area contributed by atoms with E-state index in [1.165, 1.54) is 12.0 Å². The Morgan fingerprint density at radius 1 is 1.09 bits per heavy atom. The average Bonchev–Trinajstić information content (AvgIpc) is 2.79. The van der Waals surface area contributed by atoms with Gasteiger partial charge in [-0.25, -0.2) is 9.59 Å². The second-order valence-corrected chi connectivity index (χ2v) is 7.97. The number of hydrogen-bond acceptors (Lipinski definition) is 5. The van der Waals surface area contributed by atoms with Crippen LogP contribution in [0.1, 0.15) is 60.8 Å². The summed E-state index contributed by atoms with van der Waals surface area (Å²) >= 11 is 0. The lowest BCUT2D eigenvalue weighted by atomic mass is 9.92. The van der Waals surface area contributed by atoms with E-state index in [0.29, 0.717) is 26.0 Å². The van der Waals surface area contributed by atoms with E-state index in [0.717, 1.165) is 6.42 Å². The number of ether oxygens (including phenoxy) is 3. The molecule has 0 aliphatic carbocycles. The van der Waals surface area contributed by atoms with Crippen LogP contribution in [0.5, 0.6) is 0 Å². The van der Waals surface area contributed by atoms with Gasteiger partial charge in [0.2, 0.25) is 0 Å². The van der Waals surface area contributed by atoms with Crippen molar-refractivity contribution in [3.05, 3.63) is 0 Å². The van der Waals surface area contributed by atoms with E-state index >= 15 is 0 Å². The quantitative estimate of drug-likeness (QED) is 0.741. The molecular weight excluding hydrogens is 298 g/mol. The lowest BCUT2D eigenvalue weighted by molar-refractivity contribution is -0.155. The highest BCUT2D eigenvalue weighted by Gasteiger charge is 2.51. The fourth-order valence-electron chi connectivity index (χ4n) is 2.75. The van der Waals surface area contributed by atoms with Gasteiger partial charge in [0.1, 0.15) is 11.1 Å². The predicted molar refractivity (Wildman–Crippen MR) is 87.2 cm³/mol. The molecule has 0 spiro atoms. The van der Waals surface area contributed by atoms with Crippen molar-refractivity contribution in [2.45, 2.75) is 77.5 Å². The maximum atomic E-state index is 12.5. The highest BCUT2D eigenvalue weighted by atomic mass is 16.6. The molecule has 0 aromatic heterocycles. The first-order chi connectivity index (χ1) is 10.4. The van der Waals surface area contributed by atoms with Crippen molar-refractivity contribution in [1.29, 1.82) is 0 Å². The predicted octanol–water partition coefficient (Wildman–Crippen LogP) is 3.13. The smallest absolute Gasteiger partial charge is 0.411 e. The third-order valence-corrected chi connectivity index (χ3v) is 3.72. The lowest BCUT2D eigenvalue weighted by Gasteiger charge is -2.37. The van der Waals surface area contributed by atoms with Gasteiger partial charge in [0.15, 0.2) is 0 Å². The van der Waals surface area contributed by atoms with Crippen molar-refractivity contribution in [3.8, 4) is 0 Å². The van der Waals surface area contributed by atoms with Gasteiger partial charge in [-0.05, 0) is 54.4 Å². The Morgan fingerprint density at radius 2 is 1.70 bits per heavy atom. The first kappa shape index (κ1) is 19.7. The zero-order valence-corrected chi connectivity index (χ0v) is 15.5. The summed E-state index contributed by atoms with van der Waals surface area (Å²) in [6.45, 7) is 12.2. The highest BCUT2D eigenvalue weighted by Crippen LogP contribution is 2.35. The van der Waals surface area contributed by atoms with Crippen molar-refractivity contribution in [2.75, 3.05) is 20.3 Å². The van der Waals surface area contributed by atoms with Crippen molar-refractivity contribution in [3.63, 3.8) is 0 Å². The zero-order valence-electron chi connectivity index (χ0n) is 15.5. The van der Waals surface area contributed by atoms with E-state index < -0.39 is 23.2 Å². The molecular formula is C17H31NO5. The van der Waals surface area contributed by atoms with E-state index in [1.807, 2.05) is 41.5 Å². The van der Waals surface area contributed by atoms with Crippen molar-refractivity contribution < 1.29 is 23.8 Å². The molecule has 1 saturated heterocycles. The van der Waals surface area contributed by atoms with Gasteiger partial charge in [0.25, 0.3) is 0 Å². The third-order valence-electron chi connectivity index (χ3n) is 3.72. The number of amides is 1. The van der Waals surface area contributed by atoms with E-state index in [-0.39, 0.29) is 5.60 Å². The maximum Gasteiger partial charge on any atom is 0.411 e. The molecule has 23 heavy (non-hydrogen) atoms. The molecule has 1 rings (SSSR count). The molecule has 1 amide bonds. The van der Waals surface area contributed by atoms with Gasteiger partial charge >= 0.3 is 12.1 Å². The topological polar surface area (TPSA) is 65.1 Å². The summed E-state index contributed by atoms with van der Waals surface area (Å²) in [6, 6.07) is 0. The number of methoxy groups -OCH3 is 1. The largest absolute Gasteiger partial charge is 0.467 e. The summed E-state index contributed by atoms with van der Waals surface area (Å²) in [5.74, 6) is -0.404. The van der Waals surface area contributed by atoms with Crippen LogP contribution in [0.3, 0.4) is 0 Å². The molecule has 6 heteroatoms. The van der Waals surface area contributed by atoms with Crippen LogP contribution in [-0.4, -0.2) is 54.0 Å². The summed E-state index contributed by atoms with van der Waals surface area (Å²) in [5.41, 5.74) is -1.90. The fraction of sp³-hybridized carbons (Fsp3) is 0.882. The van der Waals surface area contributed by atoms with E-state index in [4.69, 9.17) is 14.2 Å². The number of esters is 1. The molecule has 134 valence electrons. The SMILES string of the molecule is COC(=O)C1(CCOC(C)(C)C)CCCN1C(=O)OC(C)(C)C. The molecule has 0 aromatic carbocycles. The molecule has 1 aliphatic rings. The minimum atomic E-state index is -0.998. The monoisotopic (exact) mass is 329 g/mol. The summed E-state index contributed by atoms with van der Waals surface area (Å²) in [7, 11) is 1.35. The van der Waals surface area contributed by atoms with Crippen molar-refractivity contribution in [1.82, 2.24) is 4.90 Å². The summed E-state index contributed by atoms with van der Waals surface area (Å²) in [5, 5.41) is 0. The zero-order chi connectivity index (χ0) is 17.9. The Hall–Kier alpha value is -1.30. The maximum absolute atomic E-state index is 12.5. The molecule has 1 heterocycles. The average molecular weight is 329 g/mol. The van der Waals surface area contributed by atoms with Gasteiger partial charge in [-0.3, -0.25) is 4.90 Å². The van der Waals surface area contributed by atoms with Crippen LogP contribution in [0.4, 0.5) is 4.79 Å². The van der Waals surface area contributed by atoms with Gasteiger partial charge in [-0.2, -0.15) is 0 Å². The first-order valence-electron chi connectivity index (χ1n) is 8.14. The number of rotatable bonds is 4. The number of nitrogens with zero attached hydrogens (tertiary/aromatic N) is 1. The molecule has 1 aliphatic heterocycles. The fourth-order valence-corrected chi connectivity index (χ4v) is 2.75. The van der Waals surface area contributed by atoms with Crippen LogP contribution in [0.15, 0.2) is 0 Å². The molecule has 1 unspecified atom stereocenters. The summed E-state index contributed by atoms with van der Waals surface area (Å²) < 4.78 is 16.2. The molecule has 0 radical (unpaired) electrons. The van der Waals surface area contributed by atoms with E-state index in [9.17, 15) is 9.59 Å². The van der Waals surface area contributed by atoms with Gasteiger partial charge < -0.3 is 14.2 Å². The Bertz CT molecular complexity index is 435. The molecule has 6 nitrogen and oxygen atoms in total. The lowest BCUT2D eigenvalue weighted by Crippen LogP contribution is -2.55. The highest BCUT2D eigenvalue weighted by molar-refractivity contribution is 5.86. The standard InChI is InChI=1S/C17H31NO5/c1-15(2,3)22-12-10-17(13(19)21-7)9-8-11-18(17)14(20)23-16(4,5)6/h8-12H2,1-7H3. The Morgan fingerprint density at radius 3 is 2.17 bits per heavy atom. The normalized spacial score (nSPS) is 22.1. The number of likely N-dealkylation sites (tertiary alicyclic amines) is 1. The minimum absolute atomic E-state index is 0.299. The van der Waals surface area contributed by atoms with Crippen LogP contribution in [0.25, 0.3) is 0 Å². The number of carbonyl (C=O) groups is 2. The molecule has 0 bridgehead atoms. The van der Waals surface area contributed by atoms with Gasteiger partial charge in [0, 0.05) is 13.0 Å². The molecule has 0 N–H and O–H groups in total. The van der Waals surface area contributed by atoms with Crippen LogP contribution >= 0.6 is 0 Å². The van der Waals surface area contributed by atoms with E-state index in [1.54, 1.807) is 0 Å². The third kappa shape index (κ3) is 5.37. The molecule has 1 fully saturated rings. The van der Waals surface area contributed by atoms with Crippen LogP contribution in [-0.2, 0) is 19.0 Å². The van der Waals surface area contributed by atoms with Crippen molar-refractivity contribution in [2.24, 2.45) is 0 Å². The van der Waals surface area contributed by atoms with Crippen LogP contribution < -0.4 is 0 Å². The number of hydrogen-bond donors (Lipinski definition) is 0. The molecule has 1 atom stereocenters. The number of carbonyl (C=O) groups excluding carboxylic acids is 2. The minimum Gasteiger partial charge on any atom is -0.467 e. The second kappa shape index (κ2) is 7.07. The first-order valence-corrected chi connectivity index (χ1v) is 8.14. The van der Waals surface area contributed by atoms with Gasteiger partial charge in [-0.1, -0.05) is 0 Å². The van der Waals surface area contributed by atoms with E-state index in [2.05, 4.69) is 0 Å². The van der Waals surface area contributed by atoms with Crippen molar-refractivity contribution >= 4 is 12.1 Å².